The highest BCUT2D eigenvalue weighted by Crippen LogP contribution is 2.29. The van der Waals surface area contributed by atoms with Gasteiger partial charge in [-0.2, -0.15) is 0 Å². The Morgan fingerprint density at radius 2 is 1.83 bits per heavy atom. The van der Waals surface area contributed by atoms with E-state index in [1.807, 2.05) is 19.1 Å². The number of allylic oxidation sites excluding steroid dienone is 1. The summed E-state index contributed by atoms with van der Waals surface area (Å²) in [5.74, 6) is -2.34. The highest BCUT2D eigenvalue weighted by atomic mass is 19.3. The second-order valence-corrected chi connectivity index (χ2v) is 5.26. The largest absolute Gasteiger partial charge is 0.270 e. The van der Waals surface area contributed by atoms with E-state index in [-0.39, 0.29) is 5.56 Å². The smallest absolute Gasteiger partial charge is 0.202 e. The van der Waals surface area contributed by atoms with E-state index in [4.69, 9.17) is 0 Å². The molecule has 2 heteroatoms. The minimum Gasteiger partial charge on any atom is -0.202 e. The molecule has 0 aliphatic rings. The molecule has 1 aromatic carbocycles. The average Bonchev–Trinajstić information content (AvgIpc) is 2.27. The summed E-state index contributed by atoms with van der Waals surface area (Å²) in [4.78, 5) is 0. The minimum absolute atomic E-state index is 0.0837. The monoisotopic (exact) mass is 252 g/mol. The lowest BCUT2D eigenvalue weighted by molar-refractivity contribution is 0.0174. The van der Waals surface area contributed by atoms with Gasteiger partial charge in [0.15, 0.2) is 0 Å². The average molecular weight is 252 g/mol. The van der Waals surface area contributed by atoms with Gasteiger partial charge < -0.3 is 0 Å². The van der Waals surface area contributed by atoms with E-state index in [9.17, 15) is 8.78 Å². The first-order valence-electron chi connectivity index (χ1n) is 6.43. The van der Waals surface area contributed by atoms with Crippen molar-refractivity contribution in [2.45, 2.75) is 51.9 Å². The van der Waals surface area contributed by atoms with E-state index in [2.05, 4.69) is 13.5 Å². The first-order valence-corrected chi connectivity index (χ1v) is 6.43. The van der Waals surface area contributed by atoms with Crippen LogP contribution in [0.25, 0.3) is 0 Å². The molecule has 0 nitrogen and oxygen atoms in total. The Balaban J connectivity index is 2.59. The van der Waals surface area contributed by atoms with E-state index in [0.29, 0.717) is 5.92 Å². The van der Waals surface area contributed by atoms with Gasteiger partial charge in [0, 0.05) is 12.5 Å². The third-order valence-corrected chi connectivity index (χ3v) is 3.23. The Labute approximate surface area is 109 Å². The van der Waals surface area contributed by atoms with Crippen LogP contribution in [0.15, 0.2) is 36.4 Å². The van der Waals surface area contributed by atoms with E-state index in [0.717, 1.165) is 31.7 Å². The lowest BCUT2D eigenvalue weighted by Crippen LogP contribution is -2.07. The van der Waals surface area contributed by atoms with Crippen LogP contribution in [0.2, 0.25) is 0 Å². The van der Waals surface area contributed by atoms with Crippen molar-refractivity contribution >= 4 is 0 Å². The van der Waals surface area contributed by atoms with Gasteiger partial charge in [0.1, 0.15) is 0 Å². The van der Waals surface area contributed by atoms with Crippen LogP contribution < -0.4 is 0 Å². The summed E-state index contributed by atoms with van der Waals surface area (Å²) in [6, 6.07) is 6.70. The molecule has 0 saturated heterocycles. The maximum atomic E-state index is 13.1. The molecule has 1 unspecified atom stereocenters. The molecule has 1 atom stereocenters. The third kappa shape index (κ3) is 4.59. The normalized spacial score (nSPS) is 13.4. The molecule has 0 amide bonds. The van der Waals surface area contributed by atoms with E-state index < -0.39 is 5.92 Å². The van der Waals surface area contributed by atoms with E-state index in [1.54, 1.807) is 0 Å². The van der Waals surface area contributed by atoms with Crippen LogP contribution in [0.1, 0.15) is 57.1 Å². The number of hydrogen-bond acceptors (Lipinski definition) is 0. The first-order chi connectivity index (χ1) is 8.30. The first kappa shape index (κ1) is 14.9. The minimum atomic E-state index is -2.75. The third-order valence-electron chi connectivity index (χ3n) is 3.23. The molecule has 0 saturated carbocycles. The topological polar surface area (TPSA) is 0 Å². The standard InChI is InChI=1S/C16H22F2/c1-12(2)6-5-7-13(3)14-8-10-15(11-9-14)16(4,17)18/h8-11,13H,1,5-7H2,2-4H3. The number of halogens is 2. The van der Waals surface area contributed by atoms with Gasteiger partial charge in [0.2, 0.25) is 0 Å². The molecule has 1 aromatic rings. The zero-order chi connectivity index (χ0) is 13.8. The summed E-state index contributed by atoms with van der Waals surface area (Å²) in [5.41, 5.74) is 2.41. The molecule has 0 fully saturated rings. The van der Waals surface area contributed by atoms with Gasteiger partial charge >= 0.3 is 0 Å². The molecule has 0 bridgehead atoms. The van der Waals surface area contributed by atoms with Crippen LogP contribution in [0.5, 0.6) is 0 Å². The Hall–Kier alpha value is -1.18. The lowest BCUT2D eigenvalue weighted by Gasteiger charge is -2.15. The highest BCUT2D eigenvalue weighted by molar-refractivity contribution is 5.27. The second-order valence-electron chi connectivity index (χ2n) is 5.26. The van der Waals surface area contributed by atoms with Gasteiger partial charge in [-0.25, -0.2) is 8.78 Å². The van der Waals surface area contributed by atoms with Crippen molar-refractivity contribution in [2.24, 2.45) is 0 Å². The summed E-state index contributed by atoms with van der Waals surface area (Å²) in [7, 11) is 0. The maximum absolute atomic E-state index is 13.1. The van der Waals surface area contributed by atoms with Crippen LogP contribution >= 0.6 is 0 Å². The van der Waals surface area contributed by atoms with Crippen molar-refractivity contribution in [3.63, 3.8) is 0 Å². The van der Waals surface area contributed by atoms with Crippen LogP contribution in [0.3, 0.4) is 0 Å². The van der Waals surface area contributed by atoms with Crippen molar-refractivity contribution in [3.05, 3.63) is 47.5 Å². The van der Waals surface area contributed by atoms with Crippen LogP contribution in [0.4, 0.5) is 8.78 Å². The zero-order valence-electron chi connectivity index (χ0n) is 11.5. The van der Waals surface area contributed by atoms with Gasteiger partial charge in [-0.1, -0.05) is 36.8 Å². The molecular formula is C16H22F2. The van der Waals surface area contributed by atoms with Gasteiger partial charge in [0.25, 0.3) is 5.92 Å². The molecule has 0 spiro atoms. The summed E-state index contributed by atoms with van der Waals surface area (Å²) in [5, 5.41) is 0. The number of hydrogen-bond donors (Lipinski definition) is 0. The molecule has 1 rings (SSSR count). The number of rotatable bonds is 6. The van der Waals surface area contributed by atoms with Crippen molar-refractivity contribution in [3.8, 4) is 0 Å². The van der Waals surface area contributed by atoms with Crippen molar-refractivity contribution in [1.82, 2.24) is 0 Å². The lowest BCUT2D eigenvalue weighted by atomic mass is 9.93. The predicted molar refractivity (Wildman–Crippen MR) is 73.1 cm³/mol. The zero-order valence-corrected chi connectivity index (χ0v) is 11.5. The highest BCUT2D eigenvalue weighted by Gasteiger charge is 2.23. The fourth-order valence-electron chi connectivity index (χ4n) is 1.98. The molecule has 100 valence electrons. The van der Waals surface area contributed by atoms with Gasteiger partial charge in [-0.3, -0.25) is 0 Å². The fraction of sp³-hybridized carbons (Fsp3) is 0.500. The molecule has 0 N–H and O–H groups in total. The van der Waals surface area contributed by atoms with E-state index in [1.165, 1.54) is 17.7 Å². The maximum Gasteiger partial charge on any atom is 0.270 e. The van der Waals surface area contributed by atoms with Crippen molar-refractivity contribution in [2.75, 3.05) is 0 Å². The van der Waals surface area contributed by atoms with Gasteiger partial charge in [-0.15, -0.1) is 6.58 Å². The SMILES string of the molecule is C=C(C)CCCC(C)c1ccc(C(C)(F)F)cc1. The molecule has 0 aliphatic carbocycles. The molecule has 18 heavy (non-hydrogen) atoms. The van der Waals surface area contributed by atoms with Gasteiger partial charge in [0.05, 0.1) is 0 Å². The van der Waals surface area contributed by atoms with Crippen LogP contribution in [-0.4, -0.2) is 0 Å². The molecule has 0 radical (unpaired) electrons. The second kappa shape index (κ2) is 6.12. The predicted octanol–water partition coefficient (Wildman–Crippen LogP) is 5.65. The van der Waals surface area contributed by atoms with Crippen molar-refractivity contribution in [1.29, 1.82) is 0 Å². The molecular weight excluding hydrogens is 230 g/mol. The molecule has 0 aromatic heterocycles. The van der Waals surface area contributed by atoms with Crippen LogP contribution in [-0.2, 0) is 5.92 Å². The summed E-state index contributed by atoms with van der Waals surface area (Å²) >= 11 is 0. The summed E-state index contributed by atoms with van der Waals surface area (Å²) < 4.78 is 26.1. The fourth-order valence-corrected chi connectivity index (χ4v) is 1.98. The Kier molecular flexibility index (Phi) is 5.06. The Morgan fingerprint density at radius 1 is 1.28 bits per heavy atom. The Morgan fingerprint density at radius 3 is 2.28 bits per heavy atom. The summed E-state index contributed by atoms with van der Waals surface area (Å²) in [6.07, 6.45) is 3.20. The quantitative estimate of drug-likeness (QED) is 0.574. The number of benzene rings is 1. The van der Waals surface area contributed by atoms with E-state index >= 15 is 0 Å². The summed E-state index contributed by atoms with van der Waals surface area (Å²) in [6.45, 7) is 8.98. The molecule has 0 heterocycles. The number of alkyl halides is 2. The van der Waals surface area contributed by atoms with Crippen molar-refractivity contribution < 1.29 is 8.78 Å². The van der Waals surface area contributed by atoms with Gasteiger partial charge in [-0.05, 0) is 37.7 Å². The molecule has 0 aliphatic heterocycles. The Bertz CT molecular complexity index is 385. The van der Waals surface area contributed by atoms with Crippen LogP contribution in [0, 0.1) is 0 Å².